The van der Waals surface area contributed by atoms with Gasteiger partial charge in [-0.05, 0) is 31.4 Å². The van der Waals surface area contributed by atoms with Gasteiger partial charge in [-0.1, -0.05) is 37.8 Å². The van der Waals surface area contributed by atoms with Crippen LogP contribution >= 0.6 is 0 Å². The maximum Gasteiger partial charge on any atom is 0.410 e. The Balaban J connectivity index is 1.89. The van der Waals surface area contributed by atoms with Crippen molar-refractivity contribution in [1.82, 2.24) is 10.2 Å². The molecule has 1 amide bonds. The van der Waals surface area contributed by atoms with E-state index in [0.717, 1.165) is 31.6 Å². The summed E-state index contributed by atoms with van der Waals surface area (Å²) in [6, 6.07) is 0. The molecule has 20 heavy (non-hydrogen) atoms. The van der Waals surface area contributed by atoms with Crippen LogP contribution in [-0.2, 0) is 4.74 Å². The number of nitrogens with one attached hydrogen (secondary N) is 1. The predicted molar refractivity (Wildman–Crippen MR) is 80.5 cm³/mol. The van der Waals surface area contributed by atoms with E-state index < -0.39 is 0 Å². The van der Waals surface area contributed by atoms with Gasteiger partial charge in [0, 0.05) is 13.1 Å². The van der Waals surface area contributed by atoms with Crippen molar-refractivity contribution in [2.24, 2.45) is 5.92 Å². The van der Waals surface area contributed by atoms with Gasteiger partial charge in [-0.25, -0.2) is 4.79 Å². The molecule has 1 N–H and O–H groups in total. The highest BCUT2D eigenvalue weighted by Crippen LogP contribution is 2.41. The monoisotopic (exact) mass is 276 g/mol. The minimum atomic E-state index is -0.196. The number of rotatable bonds is 4. The molecule has 0 aromatic carbocycles. The van der Waals surface area contributed by atoms with Crippen LogP contribution in [0, 0.1) is 5.92 Å². The summed E-state index contributed by atoms with van der Waals surface area (Å²) >= 11 is 0. The Hall–Kier alpha value is -1.55. The minimum Gasteiger partial charge on any atom is -0.445 e. The average Bonchev–Trinajstić information content (AvgIpc) is 2.97. The average molecular weight is 276 g/mol. The first-order valence-electron chi connectivity index (χ1n) is 7.23. The number of carbonyl (C=O) groups excluding carboxylic acids is 1. The minimum absolute atomic E-state index is 0.00979. The van der Waals surface area contributed by atoms with E-state index in [9.17, 15) is 4.79 Å². The van der Waals surface area contributed by atoms with Gasteiger partial charge >= 0.3 is 6.09 Å². The van der Waals surface area contributed by atoms with Crippen LogP contribution < -0.4 is 5.32 Å². The number of ether oxygens (including phenoxy) is 1. The van der Waals surface area contributed by atoms with Crippen LogP contribution in [-0.4, -0.2) is 42.8 Å². The van der Waals surface area contributed by atoms with Gasteiger partial charge in [0.1, 0.15) is 6.61 Å². The SMILES string of the molecule is C=C/C=C\C(=C/C)COC(=O)N1C[C@H](C)[C@@]12CCNC2. The number of allylic oxidation sites excluding steroid dienone is 3. The topological polar surface area (TPSA) is 41.6 Å². The maximum absolute atomic E-state index is 12.2. The standard InChI is InChI=1S/C16H24N2O2/c1-4-6-7-14(5-2)11-20-15(19)18-10-13(3)16(18)8-9-17-12-16/h4-7,13,17H,1,8-12H2,2-3H3/b7-6-,14-5+/t13-,16-/m0/s1. The van der Waals surface area contributed by atoms with Crippen molar-refractivity contribution in [2.75, 3.05) is 26.2 Å². The molecule has 2 aliphatic heterocycles. The Morgan fingerprint density at radius 1 is 1.60 bits per heavy atom. The molecule has 4 nitrogen and oxygen atoms in total. The number of carbonyl (C=O) groups is 1. The molecule has 0 radical (unpaired) electrons. The number of likely N-dealkylation sites (tertiary alicyclic amines) is 1. The molecule has 4 heteroatoms. The van der Waals surface area contributed by atoms with Crippen LogP contribution in [0.15, 0.2) is 36.5 Å². The Morgan fingerprint density at radius 2 is 2.40 bits per heavy atom. The van der Waals surface area contributed by atoms with Crippen LogP contribution in [0.1, 0.15) is 20.3 Å². The van der Waals surface area contributed by atoms with Crippen LogP contribution in [0.2, 0.25) is 0 Å². The highest BCUT2D eigenvalue weighted by Gasteiger charge is 2.55. The number of nitrogens with zero attached hydrogens (tertiary/aromatic N) is 1. The molecule has 0 saturated carbocycles. The Labute approximate surface area is 121 Å². The molecule has 2 atom stereocenters. The van der Waals surface area contributed by atoms with E-state index in [1.54, 1.807) is 6.08 Å². The van der Waals surface area contributed by atoms with E-state index in [1.165, 1.54) is 0 Å². The summed E-state index contributed by atoms with van der Waals surface area (Å²) < 4.78 is 5.44. The lowest BCUT2D eigenvalue weighted by Crippen LogP contribution is -2.69. The summed E-state index contributed by atoms with van der Waals surface area (Å²) in [6.45, 7) is 10.8. The van der Waals surface area contributed by atoms with Gasteiger partial charge in [-0.2, -0.15) is 0 Å². The summed E-state index contributed by atoms with van der Waals surface area (Å²) in [4.78, 5) is 14.1. The molecule has 2 saturated heterocycles. The van der Waals surface area contributed by atoms with Crippen LogP contribution in [0.5, 0.6) is 0 Å². The molecule has 0 unspecified atom stereocenters. The van der Waals surface area contributed by atoms with Crippen molar-refractivity contribution in [1.29, 1.82) is 0 Å². The van der Waals surface area contributed by atoms with Crippen LogP contribution in [0.25, 0.3) is 0 Å². The Kier molecular flexibility index (Phi) is 4.65. The molecule has 1 spiro atoms. The fraction of sp³-hybridized carbons (Fsp3) is 0.562. The fourth-order valence-corrected chi connectivity index (χ4v) is 3.03. The Morgan fingerprint density at radius 3 is 2.95 bits per heavy atom. The molecule has 2 heterocycles. The summed E-state index contributed by atoms with van der Waals surface area (Å²) in [7, 11) is 0. The van der Waals surface area contributed by atoms with Gasteiger partial charge < -0.3 is 15.0 Å². The third-order valence-corrected chi connectivity index (χ3v) is 4.48. The summed E-state index contributed by atoms with van der Waals surface area (Å²) in [5.41, 5.74) is 0.967. The zero-order chi connectivity index (χ0) is 14.6. The highest BCUT2D eigenvalue weighted by atomic mass is 16.6. The van der Waals surface area contributed by atoms with Crippen LogP contribution in [0.3, 0.4) is 0 Å². The van der Waals surface area contributed by atoms with Gasteiger partial charge in [-0.3, -0.25) is 0 Å². The smallest absolute Gasteiger partial charge is 0.410 e. The third kappa shape index (κ3) is 2.66. The van der Waals surface area contributed by atoms with E-state index >= 15 is 0 Å². The van der Waals surface area contributed by atoms with E-state index in [4.69, 9.17) is 4.74 Å². The number of amides is 1. The second-order valence-corrected chi connectivity index (χ2v) is 5.55. The molecular formula is C16H24N2O2. The lowest BCUT2D eigenvalue weighted by molar-refractivity contribution is -0.0476. The molecule has 2 rings (SSSR count). The molecule has 2 aliphatic rings. The summed E-state index contributed by atoms with van der Waals surface area (Å²) in [5, 5.41) is 3.35. The van der Waals surface area contributed by atoms with E-state index in [0.29, 0.717) is 12.5 Å². The maximum atomic E-state index is 12.2. The first-order valence-corrected chi connectivity index (χ1v) is 7.23. The van der Waals surface area contributed by atoms with Crippen molar-refractivity contribution in [2.45, 2.75) is 25.8 Å². The molecular weight excluding hydrogens is 252 g/mol. The van der Waals surface area contributed by atoms with Crippen LogP contribution in [0.4, 0.5) is 4.79 Å². The normalized spacial score (nSPS) is 29.8. The van der Waals surface area contributed by atoms with Gasteiger partial charge in [-0.15, -0.1) is 0 Å². The molecule has 0 aliphatic carbocycles. The fourth-order valence-electron chi connectivity index (χ4n) is 3.03. The van der Waals surface area contributed by atoms with E-state index in [-0.39, 0.29) is 11.6 Å². The van der Waals surface area contributed by atoms with E-state index in [1.807, 2.05) is 30.1 Å². The number of hydrogen-bond donors (Lipinski definition) is 1. The second-order valence-electron chi connectivity index (χ2n) is 5.55. The largest absolute Gasteiger partial charge is 0.445 e. The van der Waals surface area contributed by atoms with Gasteiger partial charge in [0.25, 0.3) is 0 Å². The second kappa shape index (κ2) is 6.27. The first-order chi connectivity index (χ1) is 9.64. The lowest BCUT2D eigenvalue weighted by Gasteiger charge is -2.54. The molecule has 0 bridgehead atoms. The third-order valence-electron chi connectivity index (χ3n) is 4.48. The summed E-state index contributed by atoms with van der Waals surface area (Å²) in [5.74, 6) is 0.548. The highest BCUT2D eigenvalue weighted by molar-refractivity contribution is 5.70. The summed E-state index contributed by atoms with van der Waals surface area (Å²) in [6.07, 6.45) is 8.23. The predicted octanol–water partition coefficient (Wildman–Crippen LogP) is 2.50. The zero-order valence-electron chi connectivity index (χ0n) is 12.4. The van der Waals surface area contributed by atoms with Crippen molar-refractivity contribution in [3.63, 3.8) is 0 Å². The van der Waals surface area contributed by atoms with E-state index in [2.05, 4.69) is 18.8 Å². The van der Waals surface area contributed by atoms with Gasteiger partial charge in [0.15, 0.2) is 0 Å². The molecule has 2 fully saturated rings. The van der Waals surface area contributed by atoms with Crippen molar-refractivity contribution >= 4 is 6.09 Å². The number of hydrogen-bond acceptors (Lipinski definition) is 3. The van der Waals surface area contributed by atoms with Gasteiger partial charge in [0.05, 0.1) is 5.54 Å². The first kappa shape index (κ1) is 14.9. The van der Waals surface area contributed by atoms with Crippen molar-refractivity contribution in [3.05, 3.63) is 36.5 Å². The Bertz CT molecular complexity index is 434. The molecule has 110 valence electrons. The van der Waals surface area contributed by atoms with Crippen molar-refractivity contribution in [3.8, 4) is 0 Å². The molecule has 0 aromatic rings. The van der Waals surface area contributed by atoms with Gasteiger partial charge in [0.2, 0.25) is 0 Å². The van der Waals surface area contributed by atoms with Crippen molar-refractivity contribution < 1.29 is 9.53 Å². The zero-order valence-corrected chi connectivity index (χ0v) is 12.4. The quantitative estimate of drug-likeness (QED) is 0.802. The lowest BCUT2D eigenvalue weighted by atomic mass is 9.74. The molecule has 0 aromatic heterocycles.